The predicted molar refractivity (Wildman–Crippen MR) is 71.5 cm³/mol. The summed E-state index contributed by atoms with van der Waals surface area (Å²) in [5.41, 5.74) is 1.78. The lowest BCUT2D eigenvalue weighted by Crippen LogP contribution is -2.02. The first-order valence-corrected chi connectivity index (χ1v) is 6.23. The molecule has 0 radical (unpaired) electrons. The Morgan fingerprint density at radius 3 is 2.94 bits per heavy atom. The van der Waals surface area contributed by atoms with E-state index in [0.29, 0.717) is 18.9 Å². The van der Waals surface area contributed by atoms with Crippen molar-refractivity contribution >= 4 is 10.9 Å². The van der Waals surface area contributed by atoms with Gasteiger partial charge in [0.15, 0.2) is 0 Å². The van der Waals surface area contributed by atoms with Crippen molar-refractivity contribution in [3.8, 4) is 11.9 Å². The summed E-state index contributed by atoms with van der Waals surface area (Å²) in [7, 11) is 0. The fourth-order valence-electron chi connectivity index (χ4n) is 1.79. The fraction of sp³-hybridized carbons (Fsp3) is 0.333. The Bertz CT molecular complexity index is 572. The summed E-state index contributed by atoms with van der Waals surface area (Å²) in [6.07, 6.45) is 2.42. The van der Waals surface area contributed by atoms with Gasteiger partial charge in [0, 0.05) is 10.9 Å². The molecule has 2 rings (SSSR count). The summed E-state index contributed by atoms with van der Waals surface area (Å²) in [6, 6.07) is 12.0. The summed E-state index contributed by atoms with van der Waals surface area (Å²) in [6.45, 7) is 2.77. The first-order valence-electron chi connectivity index (χ1n) is 6.23. The van der Waals surface area contributed by atoms with Gasteiger partial charge in [-0.25, -0.2) is 4.98 Å². The molecule has 2 aromatic rings. The van der Waals surface area contributed by atoms with E-state index in [-0.39, 0.29) is 0 Å². The topological polar surface area (TPSA) is 45.9 Å². The predicted octanol–water partition coefficient (Wildman–Crippen LogP) is 3.48. The van der Waals surface area contributed by atoms with E-state index in [9.17, 15) is 0 Å². The molecular weight excluding hydrogens is 224 g/mol. The van der Waals surface area contributed by atoms with Crippen molar-refractivity contribution in [1.29, 1.82) is 5.26 Å². The van der Waals surface area contributed by atoms with Crippen LogP contribution in [0.4, 0.5) is 0 Å². The molecule has 0 saturated carbocycles. The minimum absolute atomic E-state index is 0.333. The van der Waals surface area contributed by atoms with Gasteiger partial charge in [-0.05, 0) is 18.6 Å². The molecule has 0 atom stereocenters. The molecule has 0 unspecified atom stereocenters. The highest BCUT2D eigenvalue weighted by Crippen LogP contribution is 2.22. The van der Waals surface area contributed by atoms with Crippen LogP contribution >= 0.6 is 0 Å². The third-order valence-corrected chi connectivity index (χ3v) is 2.77. The molecular formula is C15H16N2O. The summed E-state index contributed by atoms with van der Waals surface area (Å²) in [4.78, 5) is 4.49. The van der Waals surface area contributed by atoms with Gasteiger partial charge < -0.3 is 4.74 Å². The van der Waals surface area contributed by atoms with E-state index in [0.717, 1.165) is 29.3 Å². The van der Waals surface area contributed by atoms with Gasteiger partial charge in [0.25, 0.3) is 0 Å². The summed E-state index contributed by atoms with van der Waals surface area (Å²) < 4.78 is 5.68. The second-order valence-corrected chi connectivity index (χ2v) is 4.18. The Kier molecular flexibility index (Phi) is 4.14. The van der Waals surface area contributed by atoms with Crippen molar-refractivity contribution in [1.82, 2.24) is 4.98 Å². The van der Waals surface area contributed by atoms with Crippen LogP contribution in [0.15, 0.2) is 30.3 Å². The van der Waals surface area contributed by atoms with Crippen LogP contribution < -0.4 is 4.74 Å². The molecule has 1 aromatic heterocycles. The molecule has 3 heteroatoms. The van der Waals surface area contributed by atoms with Crippen LogP contribution in [0.25, 0.3) is 10.9 Å². The van der Waals surface area contributed by atoms with Crippen molar-refractivity contribution in [2.24, 2.45) is 0 Å². The molecule has 0 saturated heterocycles. The third kappa shape index (κ3) is 2.78. The average molecular weight is 240 g/mol. The smallest absolute Gasteiger partial charge is 0.218 e. The number of nitriles is 1. The normalized spacial score (nSPS) is 10.2. The Morgan fingerprint density at radius 2 is 2.17 bits per heavy atom. The number of benzene rings is 1. The van der Waals surface area contributed by atoms with Gasteiger partial charge >= 0.3 is 0 Å². The Labute approximate surface area is 107 Å². The highest BCUT2D eigenvalue weighted by Gasteiger charge is 2.07. The van der Waals surface area contributed by atoms with Gasteiger partial charge in [-0.1, -0.05) is 31.5 Å². The molecule has 0 aliphatic heterocycles. The van der Waals surface area contributed by atoms with E-state index in [4.69, 9.17) is 10.00 Å². The molecule has 0 aliphatic rings. The first kappa shape index (κ1) is 12.4. The van der Waals surface area contributed by atoms with E-state index in [2.05, 4.69) is 18.0 Å². The molecule has 1 aromatic carbocycles. The van der Waals surface area contributed by atoms with E-state index >= 15 is 0 Å². The van der Waals surface area contributed by atoms with Crippen molar-refractivity contribution in [2.75, 3.05) is 6.61 Å². The second-order valence-electron chi connectivity index (χ2n) is 4.18. The van der Waals surface area contributed by atoms with Crippen LogP contribution in [0.1, 0.15) is 25.3 Å². The van der Waals surface area contributed by atoms with E-state index in [1.165, 1.54) is 0 Å². The monoisotopic (exact) mass is 240 g/mol. The van der Waals surface area contributed by atoms with Gasteiger partial charge in [-0.2, -0.15) is 5.26 Å². The lowest BCUT2D eigenvalue weighted by atomic mass is 10.1. The molecule has 92 valence electrons. The van der Waals surface area contributed by atoms with E-state index in [1.807, 2.05) is 30.3 Å². The summed E-state index contributed by atoms with van der Waals surface area (Å²) in [5.74, 6) is 0.601. The van der Waals surface area contributed by atoms with Crippen LogP contribution in [0.2, 0.25) is 0 Å². The molecule has 0 bridgehead atoms. The van der Waals surface area contributed by atoms with Gasteiger partial charge in [-0.15, -0.1) is 0 Å². The Hall–Kier alpha value is -2.08. The highest BCUT2D eigenvalue weighted by molar-refractivity contribution is 5.80. The van der Waals surface area contributed by atoms with Crippen molar-refractivity contribution in [3.05, 3.63) is 35.9 Å². The number of fused-ring (bicyclic) bond motifs is 1. The van der Waals surface area contributed by atoms with Crippen LogP contribution in [0.3, 0.4) is 0 Å². The van der Waals surface area contributed by atoms with Gasteiger partial charge in [0.1, 0.15) is 0 Å². The molecule has 1 heterocycles. The van der Waals surface area contributed by atoms with Crippen molar-refractivity contribution in [2.45, 2.75) is 26.2 Å². The van der Waals surface area contributed by atoms with E-state index < -0.39 is 0 Å². The fourth-order valence-corrected chi connectivity index (χ4v) is 1.79. The second kappa shape index (κ2) is 6.02. The van der Waals surface area contributed by atoms with Gasteiger partial charge in [-0.3, -0.25) is 0 Å². The highest BCUT2D eigenvalue weighted by atomic mass is 16.5. The number of nitrogens with zero attached hydrogens (tertiary/aromatic N) is 2. The van der Waals surface area contributed by atoms with Crippen LogP contribution in [-0.2, 0) is 6.42 Å². The standard InChI is InChI=1S/C15H16N2O/c1-2-3-10-18-15-13(8-9-16)11-12-6-4-5-7-14(12)17-15/h4-7,11H,2-3,8,10H2,1H3. The van der Waals surface area contributed by atoms with Crippen LogP contribution in [0, 0.1) is 11.3 Å². The number of unbranched alkanes of at least 4 members (excludes halogenated alkanes) is 1. The third-order valence-electron chi connectivity index (χ3n) is 2.77. The van der Waals surface area contributed by atoms with Gasteiger partial charge in [0.05, 0.1) is 24.6 Å². The van der Waals surface area contributed by atoms with Crippen LogP contribution in [0.5, 0.6) is 5.88 Å². The summed E-state index contributed by atoms with van der Waals surface area (Å²) >= 11 is 0. The number of hydrogen-bond donors (Lipinski definition) is 0. The average Bonchev–Trinajstić information content (AvgIpc) is 2.40. The zero-order chi connectivity index (χ0) is 12.8. The number of ether oxygens (including phenoxy) is 1. The number of rotatable bonds is 5. The first-order chi connectivity index (χ1) is 8.85. The molecule has 0 amide bonds. The number of aromatic nitrogens is 1. The molecule has 0 aliphatic carbocycles. The Balaban J connectivity index is 2.35. The Morgan fingerprint density at radius 1 is 1.33 bits per heavy atom. The van der Waals surface area contributed by atoms with Crippen molar-refractivity contribution in [3.63, 3.8) is 0 Å². The zero-order valence-corrected chi connectivity index (χ0v) is 10.5. The lowest BCUT2D eigenvalue weighted by Gasteiger charge is -2.09. The molecule has 18 heavy (non-hydrogen) atoms. The zero-order valence-electron chi connectivity index (χ0n) is 10.5. The van der Waals surface area contributed by atoms with Crippen LogP contribution in [-0.4, -0.2) is 11.6 Å². The molecule has 0 N–H and O–H groups in total. The molecule has 0 fully saturated rings. The molecule has 3 nitrogen and oxygen atoms in total. The number of para-hydroxylation sites is 1. The quantitative estimate of drug-likeness (QED) is 0.751. The maximum atomic E-state index is 8.85. The van der Waals surface area contributed by atoms with Crippen molar-refractivity contribution < 1.29 is 4.74 Å². The maximum absolute atomic E-state index is 8.85. The largest absolute Gasteiger partial charge is 0.477 e. The van der Waals surface area contributed by atoms with E-state index in [1.54, 1.807) is 0 Å². The minimum Gasteiger partial charge on any atom is -0.477 e. The number of pyridine rings is 1. The summed E-state index contributed by atoms with van der Waals surface area (Å²) in [5, 5.41) is 9.90. The van der Waals surface area contributed by atoms with Gasteiger partial charge in [0.2, 0.25) is 5.88 Å². The number of hydrogen-bond acceptors (Lipinski definition) is 3. The minimum atomic E-state index is 0.333. The lowest BCUT2D eigenvalue weighted by molar-refractivity contribution is 0.296. The molecule has 0 spiro atoms. The maximum Gasteiger partial charge on any atom is 0.218 e. The SMILES string of the molecule is CCCCOc1nc2ccccc2cc1CC#N.